The Bertz CT molecular complexity index is 825. The number of piperidine rings is 1. The second-order valence-electron chi connectivity index (χ2n) is 7.44. The molecule has 0 bridgehead atoms. The number of aromatic amines is 1. The predicted molar refractivity (Wildman–Crippen MR) is 95.8 cm³/mol. The summed E-state index contributed by atoms with van der Waals surface area (Å²) < 4.78 is 1.22. The summed E-state index contributed by atoms with van der Waals surface area (Å²) in [6, 6.07) is 0. The average Bonchev–Trinajstić information content (AvgIpc) is 3.02. The molecule has 1 spiro atoms. The van der Waals surface area contributed by atoms with E-state index in [9.17, 15) is 19.2 Å². The number of carbonyl (C=O) groups is 2. The lowest BCUT2D eigenvalue weighted by atomic mass is 9.78. The van der Waals surface area contributed by atoms with Crippen LogP contribution in [0.4, 0.5) is 0 Å². The van der Waals surface area contributed by atoms with Crippen LogP contribution in [0, 0.1) is 12.3 Å². The van der Waals surface area contributed by atoms with Crippen molar-refractivity contribution in [1.82, 2.24) is 19.4 Å². The molecule has 8 nitrogen and oxygen atoms in total. The van der Waals surface area contributed by atoms with Crippen LogP contribution in [-0.2, 0) is 16.1 Å². The number of rotatable bonds is 4. The molecule has 0 unspecified atom stereocenters. The summed E-state index contributed by atoms with van der Waals surface area (Å²) in [5.74, 6) is -0.0335. The summed E-state index contributed by atoms with van der Waals surface area (Å²) in [4.78, 5) is 54.7. The third-order valence-electron chi connectivity index (χ3n) is 5.52. The third kappa shape index (κ3) is 3.32. The van der Waals surface area contributed by atoms with Crippen LogP contribution in [0.15, 0.2) is 15.8 Å². The van der Waals surface area contributed by atoms with Crippen molar-refractivity contribution in [2.45, 2.75) is 46.1 Å². The zero-order valence-electron chi connectivity index (χ0n) is 15.4. The van der Waals surface area contributed by atoms with Crippen LogP contribution in [0.25, 0.3) is 0 Å². The zero-order chi connectivity index (χ0) is 18.9. The van der Waals surface area contributed by atoms with Gasteiger partial charge in [-0.25, -0.2) is 4.79 Å². The first-order chi connectivity index (χ1) is 12.4. The lowest BCUT2D eigenvalue weighted by Crippen LogP contribution is -2.50. The molecule has 2 aliphatic rings. The van der Waals surface area contributed by atoms with Gasteiger partial charge in [-0.05, 0) is 32.6 Å². The van der Waals surface area contributed by atoms with Crippen molar-refractivity contribution in [3.8, 4) is 0 Å². The highest BCUT2D eigenvalue weighted by Gasteiger charge is 2.49. The molecule has 0 aromatic carbocycles. The van der Waals surface area contributed by atoms with E-state index in [-0.39, 0.29) is 18.4 Å². The molecule has 0 aliphatic carbocycles. The molecule has 3 rings (SSSR count). The number of hydrogen-bond acceptors (Lipinski definition) is 4. The number of carbonyl (C=O) groups excluding carboxylic acids is 2. The van der Waals surface area contributed by atoms with E-state index >= 15 is 0 Å². The molecule has 1 atom stereocenters. The molecule has 142 valence electrons. The van der Waals surface area contributed by atoms with Crippen LogP contribution in [0.3, 0.4) is 0 Å². The number of aryl methyl sites for hydroxylation is 1. The fraction of sp³-hybridized carbons (Fsp3) is 0.667. The minimum atomic E-state index is -0.592. The Kier molecular flexibility index (Phi) is 5.02. The van der Waals surface area contributed by atoms with Gasteiger partial charge in [0.05, 0.1) is 5.41 Å². The second-order valence-corrected chi connectivity index (χ2v) is 7.44. The number of amides is 2. The Hall–Kier alpha value is -2.38. The van der Waals surface area contributed by atoms with Crippen molar-refractivity contribution in [2.24, 2.45) is 5.41 Å². The van der Waals surface area contributed by atoms with Crippen molar-refractivity contribution >= 4 is 11.8 Å². The fourth-order valence-corrected chi connectivity index (χ4v) is 4.08. The number of H-pyrrole nitrogens is 1. The van der Waals surface area contributed by atoms with Crippen molar-refractivity contribution in [2.75, 3.05) is 26.2 Å². The minimum absolute atomic E-state index is 0.126. The van der Waals surface area contributed by atoms with E-state index in [1.54, 1.807) is 11.8 Å². The number of aromatic nitrogens is 2. The monoisotopic (exact) mass is 362 g/mol. The van der Waals surface area contributed by atoms with Gasteiger partial charge in [0, 0.05) is 37.9 Å². The Balaban J connectivity index is 1.71. The maximum Gasteiger partial charge on any atom is 0.328 e. The molecule has 0 saturated carbocycles. The van der Waals surface area contributed by atoms with Crippen LogP contribution in [-0.4, -0.2) is 57.3 Å². The van der Waals surface area contributed by atoms with Gasteiger partial charge in [-0.1, -0.05) is 6.92 Å². The van der Waals surface area contributed by atoms with Gasteiger partial charge >= 0.3 is 5.69 Å². The first-order valence-electron chi connectivity index (χ1n) is 9.24. The van der Waals surface area contributed by atoms with Crippen LogP contribution in [0.2, 0.25) is 0 Å². The van der Waals surface area contributed by atoms with E-state index in [4.69, 9.17) is 0 Å². The summed E-state index contributed by atoms with van der Waals surface area (Å²) in [5, 5.41) is 0. The average molecular weight is 362 g/mol. The minimum Gasteiger partial charge on any atom is -0.342 e. The van der Waals surface area contributed by atoms with Crippen molar-refractivity contribution in [1.29, 1.82) is 0 Å². The Morgan fingerprint density at radius 3 is 2.73 bits per heavy atom. The first-order valence-corrected chi connectivity index (χ1v) is 9.24. The van der Waals surface area contributed by atoms with Gasteiger partial charge in [-0.15, -0.1) is 0 Å². The van der Waals surface area contributed by atoms with Gasteiger partial charge in [0.1, 0.15) is 6.54 Å². The second kappa shape index (κ2) is 7.09. The SMILES string of the molecule is CCCN1CCC[C@]2(CCN(C(=O)Cn3cc(C)c(=O)[nH]c3=O)C2)C1=O. The molecule has 1 N–H and O–H groups in total. The number of nitrogens with zero attached hydrogens (tertiary/aromatic N) is 3. The van der Waals surface area contributed by atoms with Crippen LogP contribution in [0.1, 0.15) is 38.2 Å². The fourth-order valence-electron chi connectivity index (χ4n) is 4.08. The molecule has 2 amide bonds. The van der Waals surface area contributed by atoms with Gasteiger partial charge in [0.15, 0.2) is 0 Å². The Morgan fingerprint density at radius 2 is 2.00 bits per heavy atom. The van der Waals surface area contributed by atoms with E-state index in [0.29, 0.717) is 25.1 Å². The van der Waals surface area contributed by atoms with Crippen LogP contribution in [0.5, 0.6) is 0 Å². The molecular formula is C18H26N4O4. The van der Waals surface area contributed by atoms with E-state index in [1.165, 1.54) is 10.8 Å². The van der Waals surface area contributed by atoms with Crippen molar-refractivity contribution in [3.63, 3.8) is 0 Å². The van der Waals surface area contributed by atoms with E-state index in [2.05, 4.69) is 11.9 Å². The smallest absolute Gasteiger partial charge is 0.328 e. The molecule has 0 radical (unpaired) electrons. The zero-order valence-corrected chi connectivity index (χ0v) is 15.4. The lowest BCUT2D eigenvalue weighted by Gasteiger charge is -2.39. The van der Waals surface area contributed by atoms with E-state index in [1.807, 2.05) is 4.90 Å². The van der Waals surface area contributed by atoms with E-state index in [0.717, 1.165) is 32.4 Å². The molecule has 2 aliphatic heterocycles. The highest BCUT2D eigenvalue weighted by Crippen LogP contribution is 2.40. The quantitative estimate of drug-likeness (QED) is 0.821. The maximum absolute atomic E-state index is 12.9. The largest absolute Gasteiger partial charge is 0.342 e. The van der Waals surface area contributed by atoms with Gasteiger partial charge in [-0.3, -0.25) is 23.9 Å². The molecule has 1 aromatic rings. The summed E-state index contributed by atoms with van der Waals surface area (Å²) in [7, 11) is 0. The van der Waals surface area contributed by atoms with Gasteiger partial charge < -0.3 is 9.80 Å². The standard InChI is InChI=1S/C18H26N4O4/c1-3-7-20-8-4-5-18(16(20)25)6-9-21(12-18)14(23)11-22-10-13(2)15(24)19-17(22)26/h10H,3-9,11-12H2,1-2H3,(H,19,24,26)/t18-/m1/s1. The molecular weight excluding hydrogens is 336 g/mol. The molecule has 26 heavy (non-hydrogen) atoms. The third-order valence-corrected chi connectivity index (χ3v) is 5.52. The normalized spacial score (nSPS) is 23.1. The summed E-state index contributed by atoms with van der Waals surface area (Å²) >= 11 is 0. The van der Waals surface area contributed by atoms with Gasteiger partial charge in [0.2, 0.25) is 11.8 Å². The summed E-state index contributed by atoms with van der Waals surface area (Å²) in [6.07, 6.45) is 4.79. The molecule has 2 saturated heterocycles. The Labute approximate surface area is 151 Å². The van der Waals surface area contributed by atoms with Crippen molar-refractivity contribution in [3.05, 3.63) is 32.6 Å². The Morgan fingerprint density at radius 1 is 1.23 bits per heavy atom. The topological polar surface area (TPSA) is 95.5 Å². The van der Waals surface area contributed by atoms with Crippen molar-refractivity contribution < 1.29 is 9.59 Å². The summed E-state index contributed by atoms with van der Waals surface area (Å²) in [5.41, 5.74) is -1.11. The molecule has 2 fully saturated rings. The van der Waals surface area contributed by atoms with E-state index < -0.39 is 16.7 Å². The highest BCUT2D eigenvalue weighted by molar-refractivity contribution is 5.86. The number of hydrogen-bond donors (Lipinski definition) is 1. The summed E-state index contributed by atoms with van der Waals surface area (Å²) in [6.45, 7) is 6.04. The number of nitrogens with one attached hydrogen (secondary N) is 1. The predicted octanol–water partition coefficient (Wildman–Crippen LogP) is 0.0961. The molecule has 1 aromatic heterocycles. The van der Waals surface area contributed by atoms with Crippen LogP contribution < -0.4 is 11.2 Å². The van der Waals surface area contributed by atoms with Crippen LogP contribution >= 0.6 is 0 Å². The highest BCUT2D eigenvalue weighted by atomic mass is 16.2. The lowest BCUT2D eigenvalue weighted by molar-refractivity contribution is -0.146. The molecule has 8 heteroatoms. The molecule has 3 heterocycles. The van der Waals surface area contributed by atoms with Gasteiger partial charge in [0.25, 0.3) is 5.56 Å². The van der Waals surface area contributed by atoms with Gasteiger partial charge in [-0.2, -0.15) is 0 Å². The number of likely N-dealkylation sites (tertiary alicyclic amines) is 2. The maximum atomic E-state index is 12.9. The first kappa shape index (κ1) is 18.4.